The number of aromatic nitrogens is 1. The fraction of sp³-hybridized carbons (Fsp3) is 0.250. The first-order valence-corrected chi connectivity index (χ1v) is 9.67. The lowest BCUT2D eigenvalue weighted by atomic mass is 10.1. The molecule has 0 unspecified atom stereocenters. The molecule has 144 valence electrons. The summed E-state index contributed by atoms with van der Waals surface area (Å²) in [7, 11) is 0. The van der Waals surface area contributed by atoms with Gasteiger partial charge in [0.2, 0.25) is 0 Å². The Morgan fingerprint density at radius 2 is 1.64 bits per heavy atom. The van der Waals surface area contributed by atoms with Crippen LogP contribution in [0.25, 0.3) is 11.3 Å². The van der Waals surface area contributed by atoms with E-state index in [0.29, 0.717) is 25.3 Å². The number of hydrogen-bond acceptors (Lipinski definition) is 3. The third-order valence-electron chi connectivity index (χ3n) is 4.53. The molecule has 0 fully saturated rings. The van der Waals surface area contributed by atoms with E-state index in [1.165, 1.54) is 5.56 Å². The average molecular weight is 374 g/mol. The van der Waals surface area contributed by atoms with Gasteiger partial charge in [-0.2, -0.15) is 0 Å². The Labute approximate surface area is 166 Å². The quantitative estimate of drug-likeness (QED) is 0.564. The molecule has 28 heavy (non-hydrogen) atoms. The normalized spacial score (nSPS) is 10.6. The summed E-state index contributed by atoms with van der Waals surface area (Å²) in [4.78, 5) is 17.0. The number of carbonyl (C=O) groups excluding carboxylic acids is 1. The molecule has 1 N–H and O–H groups in total. The average Bonchev–Trinajstić information content (AvgIpc) is 2.74. The molecular weight excluding hydrogens is 348 g/mol. The van der Waals surface area contributed by atoms with Gasteiger partial charge in [-0.15, -0.1) is 0 Å². The molecule has 0 radical (unpaired) electrons. The number of rotatable bonds is 9. The molecule has 0 saturated heterocycles. The van der Waals surface area contributed by atoms with Crippen LogP contribution in [0.2, 0.25) is 0 Å². The molecule has 2 aromatic carbocycles. The SMILES string of the molecule is Cc1nc(-c2ccccc2)ccc1C(=O)NCCCOCCc1ccccc1. The summed E-state index contributed by atoms with van der Waals surface area (Å²) in [5, 5.41) is 2.95. The number of pyridine rings is 1. The van der Waals surface area contributed by atoms with Crippen LogP contribution in [-0.2, 0) is 11.2 Å². The van der Waals surface area contributed by atoms with E-state index in [0.717, 1.165) is 29.8 Å². The van der Waals surface area contributed by atoms with Crippen LogP contribution in [0, 0.1) is 6.92 Å². The number of aryl methyl sites for hydroxylation is 1. The number of nitrogens with one attached hydrogen (secondary N) is 1. The van der Waals surface area contributed by atoms with Crippen molar-refractivity contribution in [2.75, 3.05) is 19.8 Å². The second-order valence-electron chi connectivity index (χ2n) is 6.65. The van der Waals surface area contributed by atoms with Crippen molar-refractivity contribution < 1.29 is 9.53 Å². The van der Waals surface area contributed by atoms with Crippen LogP contribution in [-0.4, -0.2) is 30.6 Å². The van der Waals surface area contributed by atoms with Gasteiger partial charge in [0.25, 0.3) is 5.91 Å². The highest BCUT2D eigenvalue weighted by Gasteiger charge is 2.10. The molecular formula is C24H26N2O2. The Morgan fingerprint density at radius 3 is 2.36 bits per heavy atom. The fourth-order valence-electron chi connectivity index (χ4n) is 2.98. The molecule has 1 aromatic heterocycles. The summed E-state index contributed by atoms with van der Waals surface area (Å²) in [5.74, 6) is -0.0890. The molecule has 0 aliphatic heterocycles. The third-order valence-corrected chi connectivity index (χ3v) is 4.53. The summed E-state index contributed by atoms with van der Waals surface area (Å²) in [6.07, 6.45) is 1.70. The molecule has 3 rings (SSSR count). The van der Waals surface area contributed by atoms with Crippen molar-refractivity contribution in [3.8, 4) is 11.3 Å². The van der Waals surface area contributed by atoms with Crippen LogP contribution in [0.4, 0.5) is 0 Å². The zero-order valence-electron chi connectivity index (χ0n) is 16.2. The van der Waals surface area contributed by atoms with Crippen molar-refractivity contribution in [1.29, 1.82) is 0 Å². The molecule has 1 amide bonds. The second-order valence-corrected chi connectivity index (χ2v) is 6.65. The van der Waals surface area contributed by atoms with Crippen molar-refractivity contribution in [2.24, 2.45) is 0 Å². The lowest BCUT2D eigenvalue weighted by Gasteiger charge is -2.09. The summed E-state index contributed by atoms with van der Waals surface area (Å²) in [6.45, 7) is 3.79. The maximum Gasteiger partial charge on any atom is 0.253 e. The van der Waals surface area contributed by atoms with Crippen LogP contribution < -0.4 is 5.32 Å². The molecule has 0 saturated carbocycles. The van der Waals surface area contributed by atoms with Crippen molar-refractivity contribution in [3.63, 3.8) is 0 Å². The number of nitrogens with zero attached hydrogens (tertiary/aromatic N) is 1. The van der Waals surface area contributed by atoms with E-state index in [2.05, 4.69) is 22.4 Å². The highest BCUT2D eigenvalue weighted by atomic mass is 16.5. The summed E-state index contributed by atoms with van der Waals surface area (Å²) < 4.78 is 5.65. The van der Waals surface area contributed by atoms with E-state index in [1.54, 1.807) is 0 Å². The Bertz CT molecular complexity index is 880. The van der Waals surface area contributed by atoms with E-state index in [1.807, 2.05) is 67.6 Å². The van der Waals surface area contributed by atoms with E-state index < -0.39 is 0 Å². The molecule has 0 aliphatic rings. The number of amides is 1. The molecule has 0 bridgehead atoms. The Kier molecular flexibility index (Phi) is 7.33. The Balaban J connectivity index is 1.39. The maximum atomic E-state index is 12.4. The first-order chi connectivity index (χ1) is 13.7. The van der Waals surface area contributed by atoms with Crippen LogP contribution in [0.15, 0.2) is 72.8 Å². The zero-order chi connectivity index (χ0) is 19.6. The van der Waals surface area contributed by atoms with Crippen LogP contribution in [0.1, 0.15) is 28.0 Å². The zero-order valence-corrected chi connectivity index (χ0v) is 16.2. The van der Waals surface area contributed by atoms with E-state index in [4.69, 9.17) is 4.74 Å². The summed E-state index contributed by atoms with van der Waals surface area (Å²) in [5.41, 5.74) is 4.55. The van der Waals surface area contributed by atoms with Crippen LogP contribution in [0.5, 0.6) is 0 Å². The minimum absolute atomic E-state index is 0.0890. The van der Waals surface area contributed by atoms with E-state index in [-0.39, 0.29) is 5.91 Å². The molecule has 3 aromatic rings. The summed E-state index contributed by atoms with van der Waals surface area (Å²) >= 11 is 0. The minimum Gasteiger partial charge on any atom is -0.381 e. The number of ether oxygens (including phenoxy) is 1. The highest BCUT2D eigenvalue weighted by molar-refractivity contribution is 5.95. The molecule has 0 spiro atoms. The van der Waals surface area contributed by atoms with Gasteiger partial charge < -0.3 is 10.1 Å². The standard InChI is InChI=1S/C24H26N2O2/c1-19-22(13-14-23(26-19)21-11-6-3-7-12-21)24(27)25-16-8-17-28-18-15-20-9-4-2-5-10-20/h2-7,9-14H,8,15-18H2,1H3,(H,25,27). The Morgan fingerprint density at radius 1 is 0.929 bits per heavy atom. The fourth-order valence-corrected chi connectivity index (χ4v) is 2.98. The molecule has 4 heteroatoms. The van der Waals surface area contributed by atoms with E-state index in [9.17, 15) is 4.79 Å². The summed E-state index contributed by atoms with van der Waals surface area (Å²) in [6, 6.07) is 24.0. The maximum absolute atomic E-state index is 12.4. The van der Waals surface area contributed by atoms with Gasteiger partial charge in [0.1, 0.15) is 0 Å². The molecule has 0 atom stereocenters. The Hall–Kier alpha value is -2.98. The lowest BCUT2D eigenvalue weighted by Crippen LogP contribution is -2.26. The number of benzene rings is 2. The van der Waals surface area contributed by atoms with Gasteiger partial charge in [0, 0.05) is 18.7 Å². The van der Waals surface area contributed by atoms with Crippen molar-refractivity contribution in [2.45, 2.75) is 19.8 Å². The van der Waals surface area contributed by atoms with Crippen LogP contribution >= 0.6 is 0 Å². The van der Waals surface area contributed by atoms with Crippen molar-refractivity contribution >= 4 is 5.91 Å². The van der Waals surface area contributed by atoms with Crippen molar-refractivity contribution in [3.05, 3.63) is 89.6 Å². The molecule has 1 heterocycles. The van der Waals surface area contributed by atoms with Gasteiger partial charge in [0.15, 0.2) is 0 Å². The van der Waals surface area contributed by atoms with Gasteiger partial charge >= 0.3 is 0 Å². The number of hydrogen-bond donors (Lipinski definition) is 1. The highest BCUT2D eigenvalue weighted by Crippen LogP contribution is 2.18. The predicted octanol–water partition coefficient (Wildman–Crippen LogP) is 4.44. The second kappa shape index (κ2) is 10.4. The topological polar surface area (TPSA) is 51.2 Å². The van der Waals surface area contributed by atoms with Gasteiger partial charge in [0.05, 0.1) is 23.6 Å². The monoisotopic (exact) mass is 374 g/mol. The van der Waals surface area contributed by atoms with Crippen LogP contribution in [0.3, 0.4) is 0 Å². The first-order valence-electron chi connectivity index (χ1n) is 9.67. The first kappa shape index (κ1) is 19.8. The molecule has 0 aliphatic carbocycles. The predicted molar refractivity (Wildman–Crippen MR) is 112 cm³/mol. The molecule has 4 nitrogen and oxygen atoms in total. The largest absolute Gasteiger partial charge is 0.381 e. The van der Waals surface area contributed by atoms with Gasteiger partial charge in [-0.3, -0.25) is 9.78 Å². The van der Waals surface area contributed by atoms with Gasteiger partial charge in [-0.25, -0.2) is 0 Å². The van der Waals surface area contributed by atoms with E-state index >= 15 is 0 Å². The van der Waals surface area contributed by atoms with Crippen molar-refractivity contribution in [1.82, 2.24) is 10.3 Å². The third kappa shape index (κ3) is 5.76. The lowest BCUT2D eigenvalue weighted by molar-refractivity contribution is 0.0941. The van der Waals surface area contributed by atoms with Gasteiger partial charge in [-0.1, -0.05) is 60.7 Å². The number of carbonyl (C=O) groups is 1. The van der Waals surface area contributed by atoms with Gasteiger partial charge in [-0.05, 0) is 37.5 Å². The minimum atomic E-state index is -0.0890. The smallest absolute Gasteiger partial charge is 0.253 e.